The maximum absolute atomic E-state index is 5.55. The van der Waals surface area contributed by atoms with Gasteiger partial charge in [0.15, 0.2) is 0 Å². The molecule has 2 heterocycles. The highest BCUT2D eigenvalue weighted by Gasteiger charge is 2.20. The molecule has 84 valence electrons. The molecule has 1 N–H and O–H groups in total. The van der Waals surface area contributed by atoms with E-state index in [4.69, 9.17) is 4.74 Å². The Balaban J connectivity index is 2.10. The first-order valence-electron chi connectivity index (χ1n) is 5.65. The molecule has 0 aliphatic carbocycles. The normalized spacial score (nSPS) is 21.4. The lowest BCUT2D eigenvalue weighted by atomic mass is 10.0. The Hall–Kier alpha value is -0.900. The summed E-state index contributed by atoms with van der Waals surface area (Å²) in [5, 5.41) is 4.92. The summed E-state index contributed by atoms with van der Waals surface area (Å²) in [4.78, 5) is 1.41. The first kappa shape index (κ1) is 10.3. The van der Waals surface area contributed by atoms with Gasteiger partial charge >= 0.3 is 0 Å². The minimum Gasteiger partial charge on any atom is -0.378 e. The minimum atomic E-state index is 0.366. The third-order valence-electron chi connectivity index (χ3n) is 3.09. The first-order chi connectivity index (χ1) is 7.86. The number of rotatable bonds is 1. The molecule has 16 heavy (non-hydrogen) atoms. The summed E-state index contributed by atoms with van der Waals surface area (Å²) < 4.78 is 6.93. The van der Waals surface area contributed by atoms with Gasteiger partial charge in [-0.2, -0.15) is 0 Å². The van der Waals surface area contributed by atoms with Crippen LogP contribution in [0.2, 0.25) is 0 Å². The molecule has 1 aliphatic rings. The molecule has 1 saturated heterocycles. The Morgan fingerprint density at radius 3 is 3.06 bits per heavy atom. The van der Waals surface area contributed by atoms with Crippen LogP contribution in [-0.2, 0) is 4.74 Å². The Labute approximate surface area is 99.2 Å². The molecular formula is C13H15NOS. The number of morpholine rings is 1. The van der Waals surface area contributed by atoms with Crippen LogP contribution >= 0.6 is 11.3 Å². The highest BCUT2D eigenvalue weighted by molar-refractivity contribution is 7.19. The van der Waals surface area contributed by atoms with Gasteiger partial charge < -0.3 is 10.1 Å². The SMILES string of the molecule is Cc1sc2ccccc2c1C1COCCN1. The molecule has 0 amide bonds. The van der Waals surface area contributed by atoms with Gasteiger partial charge in [0, 0.05) is 16.1 Å². The van der Waals surface area contributed by atoms with Crippen LogP contribution in [0, 0.1) is 6.92 Å². The zero-order chi connectivity index (χ0) is 11.0. The molecule has 1 aromatic heterocycles. The van der Waals surface area contributed by atoms with Crippen molar-refractivity contribution in [1.29, 1.82) is 0 Å². The van der Waals surface area contributed by atoms with Gasteiger partial charge in [-0.25, -0.2) is 0 Å². The standard InChI is InChI=1S/C13H15NOS/c1-9-13(11-8-15-7-6-14-11)10-4-2-3-5-12(10)16-9/h2-5,11,14H,6-8H2,1H3. The molecule has 2 aromatic rings. The van der Waals surface area contributed by atoms with Gasteiger partial charge in [-0.15, -0.1) is 11.3 Å². The molecule has 0 bridgehead atoms. The van der Waals surface area contributed by atoms with Crippen LogP contribution in [0.3, 0.4) is 0 Å². The van der Waals surface area contributed by atoms with Crippen LogP contribution in [0.4, 0.5) is 0 Å². The summed E-state index contributed by atoms with van der Waals surface area (Å²) in [6.45, 7) is 4.78. The summed E-state index contributed by atoms with van der Waals surface area (Å²) in [5.74, 6) is 0. The second-order valence-electron chi connectivity index (χ2n) is 4.15. The lowest BCUT2D eigenvalue weighted by molar-refractivity contribution is 0.0772. The van der Waals surface area contributed by atoms with Crippen LogP contribution in [0.1, 0.15) is 16.5 Å². The van der Waals surface area contributed by atoms with Crippen molar-refractivity contribution in [2.45, 2.75) is 13.0 Å². The van der Waals surface area contributed by atoms with E-state index in [1.165, 1.54) is 20.5 Å². The number of benzene rings is 1. The molecule has 0 radical (unpaired) electrons. The average molecular weight is 233 g/mol. The van der Waals surface area contributed by atoms with Crippen molar-refractivity contribution in [2.24, 2.45) is 0 Å². The van der Waals surface area contributed by atoms with Gasteiger partial charge in [0.05, 0.1) is 19.3 Å². The number of fused-ring (bicyclic) bond motifs is 1. The zero-order valence-electron chi connectivity index (χ0n) is 9.32. The van der Waals surface area contributed by atoms with E-state index in [-0.39, 0.29) is 0 Å². The summed E-state index contributed by atoms with van der Waals surface area (Å²) >= 11 is 1.88. The Bertz CT molecular complexity index is 500. The van der Waals surface area contributed by atoms with Gasteiger partial charge in [-0.1, -0.05) is 18.2 Å². The molecule has 1 aromatic carbocycles. The van der Waals surface area contributed by atoms with E-state index in [1.54, 1.807) is 0 Å². The fourth-order valence-corrected chi connectivity index (χ4v) is 3.50. The predicted molar refractivity (Wildman–Crippen MR) is 68.1 cm³/mol. The van der Waals surface area contributed by atoms with Crippen molar-refractivity contribution in [3.05, 3.63) is 34.7 Å². The summed E-state index contributed by atoms with van der Waals surface area (Å²) in [6.07, 6.45) is 0. The topological polar surface area (TPSA) is 21.3 Å². The van der Waals surface area contributed by atoms with Crippen LogP contribution in [0.25, 0.3) is 10.1 Å². The van der Waals surface area contributed by atoms with E-state index in [0.29, 0.717) is 6.04 Å². The van der Waals surface area contributed by atoms with E-state index in [2.05, 4.69) is 36.5 Å². The van der Waals surface area contributed by atoms with Gasteiger partial charge in [0.1, 0.15) is 0 Å². The van der Waals surface area contributed by atoms with Crippen molar-refractivity contribution in [3.63, 3.8) is 0 Å². The zero-order valence-corrected chi connectivity index (χ0v) is 10.1. The van der Waals surface area contributed by atoms with Crippen LogP contribution in [0.15, 0.2) is 24.3 Å². The van der Waals surface area contributed by atoms with Crippen LogP contribution < -0.4 is 5.32 Å². The summed E-state index contributed by atoms with van der Waals surface area (Å²) in [5.41, 5.74) is 1.43. The smallest absolute Gasteiger partial charge is 0.0662 e. The van der Waals surface area contributed by atoms with Crippen molar-refractivity contribution < 1.29 is 4.74 Å². The summed E-state index contributed by atoms with van der Waals surface area (Å²) in [6, 6.07) is 8.99. The van der Waals surface area contributed by atoms with Gasteiger partial charge in [0.2, 0.25) is 0 Å². The monoisotopic (exact) mass is 233 g/mol. The third kappa shape index (κ3) is 1.65. The largest absolute Gasteiger partial charge is 0.378 e. The van der Waals surface area contributed by atoms with Crippen molar-refractivity contribution in [3.8, 4) is 0 Å². The fourth-order valence-electron chi connectivity index (χ4n) is 2.37. The van der Waals surface area contributed by atoms with Crippen LogP contribution in [-0.4, -0.2) is 19.8 Å². The molecule has 1 fully saturated rings. The number of nitrogens with one attached hydrogen (secondary N) is 1. The Morgan fingerprint density at radius 1 is 1.38 bits per heavy atom. The first-order valence-corrected chi connectivity index (χ1v) is 6.47. The van der Waals surface area contributed by atoms with Crippen molar-refractivity contribution in [2.75, 3.05) is 19.8 Å². The van der Waals surface area contributed by atoms with Gasteiger partial charge in [0.25, 0.3) is 0 Å². The van der Waals surface area contributed by atoms with Gasteiger partial charge in [-0.05, 0) is 23.9 Å². The molecule has 0 spiro atoms. The maximum Gasteiger partial charge on any atom is 0.0662 e. The minimum absolute atomic E-state index is 0.366. The van der Waals surface area contributed by atoms with E-state index in [0.717, 1.165) is 19.8 Å². The number of aryl methyl sites for hydroxylation is 1. The lowest BCUT2D eigenvalue weighted by Gasteiger charge is -2.24. The molecule has 3 heteroatoms. The molecule has 1 atom stereocenters. The van der Waals surface area contributed by atoms with E-state index >= 15 is 0 Å². The molecule has 1 unspecified atom stereocenters. The van der Waals surface area contributed by atoms with Gasteiger partial charge in [-0.3, -0.25) is 0 Å². The quantitative estimate of drug-likeness (QED) is 0.817. The molecule has 0 saturated carbocycles. The molecular weight excluding hydrogens is 218 g/mol. The number of ether oxygens (including phenoxy) is 1. The highest BCUT2D eigenvalue weighted by atomic mass is 32.1. The predicted octanol–water partition coefficient (Wildman–Crippen LogP) is 2.87. The van der Waals surface area contributed by atoms with Crippen LogP contribution in [0.5, 0.6) is 0 Å². The second-order valence-corrected chi connectivity index (χ2v) is 5.41. The van der Waals surface area contributed by atoms with E-state index in [9.17, 15) is 0 Å². The Morgan fingerprint density at radius 2 is 2.25 bits per heavy atom. The fraction of sp³-hybridized carbons (Fsp3) is 0.385. The second kappa shape index (κ2) is 4.17. The van der Waals surface area contributed by atoms with E-state index < -0.39 is 0 Å². The molecule has 2 nitrogen and oxygen atoms in total. The third-order valence-corrected chi connectivity index (χ3v) is 4.19. The van der Waals surface area contributed by atoms with Crippen molar-refractivity contribution in [1.82, 2.24) is 5.32 Å². The molecule has 1 aliphatic heterocycles. The summed E-state index contributed by atoms with van der Waals surface area (Å²) in [7, 11) is 0. The number of thiophene rings is 1. The maximum atomic E-state index is 5.55. The Kier molecular flexibility index (Phi) is 2.67. The lowest BCUT2D eigenvalue weighted by Crippen LogP contribution is -2.34. The average Bonchev–Trinajstić information content (AvgIpc) is 2.66. The van der Waals surface area contributed by atoms with E-state index in [1.807, 2.05) is 11.3 Å². The van der Waals surface area contributed by atoms with Crippen molar-refractivity contribution >= 4 is 21.4 Å². The number of hydrogen-bond donors (Lipinski definition) is 1. The number of hydrogen-bond acceptors (Lipinski definition) is 3. The highest BCUT2D eigenvalue weighted by Crippen LogP contribution is 2.35. The molecule has 3 rings (SSSR count).